The Balaban J connectivity index is 1.82. The molecule has 0 bridgehead atoms. The van der Waals surface area contributed by atoms with Gasteiger partial charge in [0.2, 0.25) is 0 Å². The van der Waals surface area contributed by atoms with Crippen LogP contribution in [-0.2, 0) is 10.0 Å². The van der Waals surface area contributed by atoms with Crippen LogP contribution in [0.2, 0.25) is 0 Å². The molecular formula is C20H17FN4O5S. The number of methoxy groups -OCH3 is 1. The minimum atomic E-state index is -4.08. The van der Waals surface area contributed by atoms with Crippen molar-refractivity contribution in [3.05, 3.63) is 88.2 Å². The lowest BCUT2D eigenvalue weighted by molar-refractivity contribution is -0.384. The number of hydrogen-bond acceptors (Lipinski definition) is 7. The van der Waals surface area contributed by atoms with Crippen molar-refractivity contribution in [3.8, 4) is 5.75 Å². The Morgan fingerprint density at radius 3 is 2.48 bits per heavy atom. The van der Waals surface area contributed by atoms with Crippen LogP contribution in [0.15, 0.2) is 76.7 Å². The van der Waals surface area contributed by atoms with Gasteiger partial charge < -0.3 is 4.74 Å². The molecule has 0 aliphatic rings. The summed E-state index contributed by atoms with van der Waals surface area (Å²) in [6.07, 6.45) is 1.28. The fourth-order valence-electron chi connectivity index (χ4n) is 2.56. The molecule has 3 rings (SSSR count). The number of nitrogens with one attached hydrogen (secondary N) is 2. The molecule has 0 aromatic heterocycles. The topological polar surface area (TPSA) is 123 Å². The largest absolute Gasteiger partial charge is 0.497 e. The van der Waals surface area contributed by atoms with E-state index in [9.17, 15) is 22.9 Å². The third-order valence-corrected chi connectivity index (χ3v) is 5.44. The number of rotatable bonds is 8. The molecule has 0 spiro atoms. The van der Waals surface area contributed by atoms with Gasteiger partial charge in [-0.05, 0) is 54.1 Å². The Kier molecular flexibility index (Phi) is 6.46. The normalized spacial score (nSPS) is 11.3. The summed E-state index contributed by atoms with van der Waals surface area (Å²) in [5.74, 6) is 0.0988. The zero-order valence-corrected chi connectivity index (χ0v) is 17.0. The molecule has 0 saturated heterocycles. The SMILES string of the molecule is COc1ccc(NS(=O)(=O)c2ccc(N/N=C/c3cccc(F)c3)c([N+](=O)[O-])c2)cc1. The highest BCUT2D eigenvalue weighted by Crippen LogP contribution is 2.29. The molecule has 3 aromatic rings. The van der Waals surface area contributed by atoms with E-state index in [2.05, 4.69) is 15.2 Å². The molecule has 0 saturated carbocycles. The maximum atomic E-state index is 13.2. The van der Waals surface area contributed by atoms with Gasteiger partial charge in [0.25, 0.3) is 15.7 Å². The summed E-state index contributed by atoms with van der Waals surface area (Å²) in [5.41, 5.74) is 2.67. The number of halogens is 1. The first-order valence-corrected chi connectivity index (χ1v) is 10.3. The summed E-state index contributed by atoms with van der Waals surface area (Å²) in [4.78, 5) is 10.4. The van der Waals surface area contributed by atoms with E-state index in [0.717, 1.165) is 6.07 Å². The zero-order valence-electron chi connectivity index (χ0n) is 16.2. The molecule has 9 nitrogen and oxygen atoms in total. The molecule has 0 fully saturated rings. The molecule has 31 heavy (non-hydrogen) atoms. The van der Waals surface area contributed by atoms with Crippen LogP contribution in [0.3, 0.4) is 0 Å². The fourth-order valence-corrected chi connectivity index (χ4v) is 3.64. The molecule has 0 radical (unpaired) electrons. The molecule has 3 aromatic carbocycles. The van der Waals surface area contributed by atoms with Gasteiger partial charge >= 0.3 is 0 Å². The molecule has 0 unspecified atom stereocenters. The smallest absolute Gasteiger partial charge is 0.295 e. The second kappa shape index (κ2) is 9.22. The maximum Gasteiger partial charge on any atom is 0.295 e. The summed E-state index contributed by atoms with van der Waals surface area (Å²) < 4.78 is 45.8. The van der Waals surface area contributed by atoms with Crippen LogP contribution in [-0.4, -0.2) is 26.7 Å². The number of sulfonamides is 1. The van der Waals surface area contributed by atoms with E-state index in [-0.39, 0.29) is 16.3 Å². The molecule has 0 aliphatic carbocycles. The lowest BCUT2D eigenvalue weighted by atomic mass is 10.2. The van der Waals surface area contributed by atoms with E-state index in [1.165, 1.54) is 55.8 Å². The summed E-state index contributed by atoms with van der Waals surface area (Å²) in [7, 11) is -2.59. The van der Waals surface area contributed by atoms with Crippen molar-refractivity contribution in [2.75, 3.05) is 17.3 Å². The lowest BCUT2D eigenvalue weighted by Crippen LogP contribution is -2.13. The standard InChI is InChI=1S/C20H17FN4O5S/c1-30-17-7-5-16(6-8-17)24-31(28,29)18-9-10-19(20(12-18)25(26)27)23-22-13-14-3-2-4-15(21)11-14/h2-13,23-24H,1H3/b22-13+. The molecule has 0 atom stereocenters. The average molecular weight is 444 g/mol. The molecule has 0 amide bonds. The van der Waals surface area contributed by atoms with Gasteiger partial charge in [0.15, 0.2) is 0 Å². The Morgan fingerprint density at radius 2 is 1.84 bits per heavy atom. The Bertz CT molecular complexity index is 1230. The summed E-state index contributed by atoms with van der Waals surface area (Å²) in [6, 6.07) is 15.1. The number of nitro groups is 1. The van der Waals surface area contributed by atoms with Gasteiger partial charge in [-0.1, -0.05) is 12.1 Å². The van der Waals surface area contributed by atoms with Crippen LogP contribution in [0.25, 0.3) is 0 Å². The summed E-state index contributed by atoms with van der Waals surface area (Å²) >= 11 is 0. The Hall–Kier alpha value is -3.99. The highest BCUT2D eigenvalue weighted by molar-refractivity contribution is 7.92. The zero-order chi connectivity index (χ0) is 22.4. The van der Waals surface area contributed by atoms with Gasteiger partial charge in [0, 0.05) is 11.8 Å². The van der Waals surface area contributed by atoms with Crippen LogP contribution in [0.1, 0.15) is 5.56 Å². The quantitative estimate of drug-likeness (QED) is 0.308. The summed E-state index contributed by atoms with van der Waals surface area (Å²) in [6.45, 7) is 0. The van der Waals surface area contributed by atoms with Gasteiger partial charge in [-0.3, -0.25) is 20.3 Å². The number of hydrazone groups is 1. The second-order valence-electron chi connectivity index (χ2n) is 6.20. The third-order valence-electron chi connectivity index (χ3n) is 4.07. The number of nitrogens with zero attached hydrogens (tertiary/aromatic N) is 2. The van der Waals surface area contributed by atoms with Crippen LogP contribution >= 0.6 is 0 Å². The van der Waals surface area contributed by atoms with Crippen molar-refractivity contribution in [2.24, 2.45) is 5.10 Å². The van der Waals surface area contributed by atoms with Crippen molar-refractivity contribution in [2.45, 2.75) is 4.90 Å². The minimum Gasteiger partial charge on any atom is -0.497 e. The van der Waals surface area contributed by atoms with E-state index in [1.54, 1.807) is 18.2 Å². The fraction of sp³-hybridized carbons (Fsp3) is 0.0500. The van der Waals surface area contributed by atoms with E-state index < -0.39 is 26.5 Å². The van der Waals surface area contributed by atoms with Crippen LogP contribution in [0, 0.1) is 15.9 Å². The third kappa shape index (κ3) is 5.54. The number of nitro benzene ring substituents is 1. The molecule has 160 valence electrons. The predicted molar refractivity (Wildman–Crippen MR) is 115 cm³/mol. The molecule has 2 N–H and O–H groups in total. The van der Waals surface area contributed by atoms with Crippen molar-refractivity contribution in [1.29, 1.82) is 0 Å². The first-order chi connectivity index (χ1) is 14.8. The average Bonchev–Trinajstić information content (AvgIpc) is 2.74. The first-order valence-electron chi connectivity index (χ1n) is 8.78. The number of benzene rings is 3. The molecule has 0 aliphatic heterocycles. The maximum absolute atomic E-state index is 13.2. The van der Waals surface area contributed by atoms with Crippen molar-refractivity contribution < 1.29 is 22.5 Å². The lowest BCUT2D eigenvalue weighted by Gasteiger charge is -2.10. The van der Waals surface area contributed by atoms with Crippen molar-refractivity contribution in [1.82, 2.24) is 0 Å². The van der Waals surface area contributed by atoms with Crippen LogP contribution < -0.4 is 14.9 Å². The van der Waals surface area contributed by atoms with Crippen molar-refractivity contribution >= 4 is 33.3 Å². The number of anilines is 2. The van der Waals surface area contributed by atoms with Gasteiger partial charge in [0.05, 0.1) is 23.1 Å². The van der Waals surface area contributed by atoms with E-state index in [4.69, 9.17) is 4.74 Å². The number of hydrogen-bond donors (Lipinski definition) is 2. The Labute approximate surface area is 177 Å². The highest BCUT2D eigenvalue weighted by Gasteiger charge is 2.21. The van der Waals surface area contributed by atoms with E-state index >= 15 is 0 Å². The molecule has 11 heteroatoms. The second-order valence-corrected chi connectivity index (χ2v) is 7.88. The Morgan fingerprint density at radius 1 is 1.10 bits per heavy atom. The first kappa shape index (κ1) is 21.7. The van der Waals surface area contributed by atoms with Crippen LogP contribution in [0.4, 0.5) is 21.5 Å². The highest BCUT2D eigenvalue weighted by atomic mass is 32.2. The van der Waals surface area contributed by atoms with Gasteiger partial charge in [-0.15, -0.1) is 0 Å². The molecule has 0 heterocycles. The monoisotopic (exact) mass is 444 g/mol. The van der Waals surface area contributed by atoms with Gasteiger partial charge in [-0.2, -0.15) is 5.10 Å². The van der Waals surface area contributed by atoms with E-state index in [0.29, 0.717) is 11.3 Å². The minimum absolute atomic E-state index is 0.0268. The van der Waals surface area contributed by atoms with E-state index in [1.807, 2.05) is 0 Å². The predicted octanol–water partition coefficient (Wildman–Crippen LogP) is 3.99. The van der Waals surface area contributed by atoms with Gasteiger partial charge in [0.1, 0.15) is 17.3 Å². The number of ether oxygens (including phenoxy) is 1. The van der Waals surface area contributed by atoms with Gasteiger partial charge in [-0.25, -0.2) is 12.8 Å². The van der Waals surface area contributed by atoms with Crippen molar-refractivity contribution in [3.63, 3.8) is 0 Å². The summed E-state index contributed by atoms with van der Waals surface area (Å²) in [5, 5.41) is 15.3. The molecular weight excluding hydrogens is 427 g/mol. The van der Waals surface area contributed by atoms with Crippen LogP contribution in [0.5, 0.6) is 5.75 Å².